The van der Waals surface area contributed by atoms with Gasteiger partial charge in [0.05, 0.1) is 12.2 Å². The summed E-state index contributed by atoms with van der Waals surface area (Å²) in [5, 5.41) is 1.87. The second-order valence-corrected chi connectivity index (χ2v) is 4.73. The first-order valence-electron chi connectivity index (χ1n) is 4.44. The molecule has 0 amide bonds. The lowest BCUT2D eigenvalue weighted by Crippen LogP contribution is -2.34. The Morgan fingerprint density at radius 1 is 1.40 bits per heavy atom. The fourth-order valence-electron chi connectivity index (χ4n) is 1.30. The largest absolute Gasteiger partial charge is 0.308 e. The van der Waals surface area contributed by atoms with E-state index in [2.05, 4.69) is 42.3 Å². The Bertz CT molecular complexity index is 393. The number of anilines is 1. The fourth-order valence-corrected chi connectivity index (χ4v) is 2.17. The van der Waals surface area contributed by atoms with Crippen LogP contribution in [0.1, 0.15) is 0 Å². The molecule has 1 heterocycles. The van der Waals surface area contributed by atoms with Gasteiger partial charge in [-0.1, -0.05) is 12.1 Å². The number of nitrogens with one attached hydrogen (secondary N) is 1. The second-order valence-electron chi connectivity index (χ2n) is 3.17. The fraction of sp³-hybridized carbons (Fsp3) is 0.222. The number of hydrogen-bond donors (Lipinski definition) is 2. The zero-order valence-electron chi connectivity index (χ0n) is 7.82. The van der Waals surface area contributed by atoms with E-state index in [1.165, 1.54) is 0 Å². The lowest BCUT2D eigenvalue weighted by Gasteiger charge is -2.20. The zero-order chi connectivity index (χ0) is 10.8. The van der Waals surface area contributed by atoms with Crippen molar-refractivity contribution in [1.82, 2.24) is 5.01 Å². The molecule has 0 aromatic heterocycles. The second kappa shape index (κ2) is 4.51. The van der Waals surface area contributed by atoms with Gasteiger partial charge in [-0.3, -0.25) is 10.4 Å². The third-order valence-electron chi connectivity index (χ3n) is 1.99. The highest BCUT2D eigenvalue weighted by atomic mass is 79.9. The number of hydrogen-bond acceptors (Lipinski definition) is 4. The van der Waals surface area contributed by atoms with Crippen LogP contribution in [0.15, 0.2) is 33.7 Å². The Morgan fingerprint density at radius 3 is 2.73 bits per heavy atom. The highest BCUT2D eigenvalue weighted by Gasteiger charge is 2.20. The van der Waals surface area contributed by atoms with Crippen molar-refractivity contribution in [2.24, 2.45) is 10.7 Å². The summed E-state index contributed by atoms with van der Waals surface area (Å²) in [7, 11) is 0. The van der Waals surface area contributed by atoms with E-state index in [-0.39, 0.29) is 6.17 Å². The van der Waals surface area contributed by atoms with E-state index < -0.39 is 0 Å². The summed E-state index contributed by atoms with van der Waals surface area (Å²) >= 11 is 6.81. The van der Waals surface area contributed by atoms with Gasteiger partial charge in [0.2, 0.25) is 0 Å². The van der Waals surface area contributed by atoms with E-state index >= 15 is 0 Å². The number of nitrogens with two attached hydrogens (primary N) is 1. The number of amidine groups is 1. The Labute approximate surface area is 105 Å². The number of nitrogens with zero attached hydrogens (tertiary/aromatic N) is 2. The predicted octanol–water partition coefficient (Wildman–Crippen LogP) is 2.13. The molecule has 1 aromatic rings. The van der Waals surface area contributed by atoms with Crippen molar-refractivity contribution in [2.75, 3.05) is 12.0 Å². The Morgan fingerprint density at radius 2 is 2.13 bits per heavy atom. The molecular formula is C9H10Br2N4. The minimum atomic E-state index is -0.172. The maximum atomic E-state index is 5.70. The molecule has 0 radical (unpaired) electrons. The van der Waals surface area contributed by atoms with Crippen LogP contribution in [-0.4, -0.2) is 22.5 Å². The third kappa shape index (κ3) is 2.50. The van der Waals surface area contributed by atoms with E-state index in [1.807, 2.05) is 29.3 Å². The molecule has 6 heteroatoms. The minimum Gasteiger partial charge on any atom is -0.308 e. The first-order chi connectivity index (χ1) is 7.16. The van der Waals surface area contributed by atoms with Crippen molar-refractivity contribution in [3.8, 4) is 0 Å². The molecule has 1 aliphatic heterocycles. The summed E-state index contributed by atoms with van der Waals surface area (Å²) in [6, 6.07) is 7.89. The van der Waals surface area contributed by atoms with Crippen molar-refractivity contribution < 1.29 is 0 Å². The van der Waals surface area contributed by atoms with Gasteiger partial charge in [-0.15, -0.1) is 0 Å². The average Bonchev–Trinajstić information content (AvgIpc) is 2.49. The molecule has 0 saturated carbocycles. The first kappa shape index (κ1) is 10.9. The molecule has 80 valence electrons. The van der Waals surface area contributed by atoms with Gasteiger partial charge in [0.15, 0.2) is 4.74 Å². The van der Waals surface area contributed by atoms with Gasteiger partial charge in [0.25, 0.3) is 0 Å². The standard InChI is InChI=1S/C9H10Br2N4/c10-6-3-1-2-4-7(6)14-15-5-8(12)13-9(15)11/h1-4,8,14H,5,12H2. The Balaban J connectivity index is 2.11. The number of hydrazine groups is 1. The van der Waals surface area contributed by atoms with E-state index in [9.17, 15) is 0 Å². The number of aliphatic imine (C=N–C) groups is 1. The summed E-state index contributed by atoms with van der Waals surface area (Å²) < 4.78 is 1.73. The van der Waals surface area contributed by atoms with E-state index in [4.69, 9.17) is 5.73 Å². The monoisotopic (exact) mass is 332 g/mol. The smallest absolute Gasteiger partial charge is 0.188 e. The number of rotatable bonds is 2. The molecule has 3 N–H and O–H groups in total. The van der Waals surface area contributed by atoms with Gasteiger partial charge >= 0.3 is 0 Å². The molecular weight excluding hydrogens is 324 g/mol. The molecule has 15 heavy (non-hydrogen) atoms. The van der Waals surface area contributed by atoms with Gasteiger partial charge in [0, 0.05) is 4.47 Å². The summed E-state index contributed by atoms with van der Waals surface area (Å²) in [4.78, 5) is 4.16. The Hall–Kier alpha value is -0.590. The molecule has 1 unspecified atom stereocenters. The van der Waals surface area contributed by atoms with Crippen molar-refractivity contribution in [1.29, 1.82) is 0 Å². The lowest BCUT2D eigenvalue weighted by molar-refractivity contribution is 0.502. The van der Waals surface area contributed by atoms with Crippen molar-refractivity contribution in [3.63, 3.8) is 0 Å². The molecule has 0 fully saturated rings. The summed E-state index contributed by atoms with van der Waals surface area (Å²) in [5.74, 6) is 0. The summed E-state index contributed by atoms with van der Waals surface area (Å²) in [5.41, 5.74) is 9.90. The van der Waals surface area contributed by atoms with Crippen LogP contribution in [0.5, 0.6) is 0 Å². The van der Waals surface area contributed by atoms with Crippen LogP contribution in [-0.2, 0) is 0 Å². The molecule has 1 aliphatic rings. The molecule has 0 spiro atoms. The van der Waals surface area contributed by atoms with Crippen molar-refractivity contribution >= 4 is 42.3 Å². The molecule has 1 atom stereocenters. The topological polar surface area (TPSA) is 53.6 Å². The molecule has 1 aromatic carbocycles. The van der Waals surface area contributed by atoms with Gasteiger partial charge < -0.3 is 5.73 Å². The van der Waals surface area contributed by atoms with E-state index in [1.54, 1.807) is 0 Å². The summed E-state index contributed by atoms with van der Waals surface area (Å²) in [6.07, 6.45) is -0.172. The molecule has 4 nitrogen and oxygen atoms in total. The normalized spacial score (nSPS) is 20.3. The van der Waals surface area contributed by atoms with Crippen LogP contribution in [0.3, 0.4) is 0 Å². The number of benzene rings is 1. The molecule has 0 aliphatic carbocycles. The van der Waals surface area contributed by atoms with Crippen LogP contribution >= 0.6 is 31.9 Å². The lowest BCUT2D eigenvalue weighted by atomic mass is 10.3. The highest BCUT2D eigenvalue weighted by Crippen LogP contribution is 2.23. The first-order valence-corrected chi connectivity index (χ1v) is 6.03. The molecule has 0 saturated heterocycles. The Kier molecular flexibility index (Phi) is 3.28. The highest BCUT2D eigenvalue weighted by molar-refractivity contribution is 9.18. The van der Waals surface area contributed by atoms with Gasteiger partial charge in [-0.2, -0.15) is 0 Å². The van der Waals surface area contributed by atoms with Gasteiger partial charge in [0.1, 0.15) is 6.17 Å². The van der Waals surface area contributed by atoms with Crippen LogP contribution in [0.4, 0.5) is 5.69 Å². The van der Waals surface area contributed by atoms with Crippen LogP contribution in [0.25, 0.3) is 0 Å². The average molecular weight is 334 g/mol. The SMILES string of the molecule is NC1CN(Nc2ccccc2Br)C(Br)=N1. The zero-order valence-corrected chi connectivity index (χ0v) is 11.0. The summed E-state index contributed by atoms with van der Waals surface area (Å²) in [6.45, 7) is 0.655. The maximum Gasteiger partial charge on any atom is 0.188 e. The van der Waals surface area contributed by atoms with E-state index in [0.29, 0.717) is 6.54 Å². The van der Waals surface area contributed by atoms with Crippen molar-refractivity contribution in [3.05, 3.63) is 28.7 Å². The van der Waals surface area contributed by atoms with Gasteiger partial charge in [-0.05, 0) is 44.0 Å². The quantitative estimate of drug-likeness (QED) is 0.815. The molecule has 2 rings (SSSR count). The predicted molar refractivity (Wildman–Crippen MR) is 68.8 cm³/mol. The van der Waals surface area contributed by atoms with Crippen molar-refractivity contribution in [2.45, 2.75) is 6.17 Å². The number of halogens is 2. The molecule has 0 bridgehead atoms. The maximum absolute atomic E-state index is 5.70. The minimum absolute atomic E-state index is 0.172. The van der Waals surface area contributed by atoms with Crippen LogP contribution in [0.2, 0.25) is 0 Å². The van der Waals surface area contributed by atoms with Crippen LogP contribution in [0, 0.1) is 0 Å². The van der Waals surface area contributed by atoms with Crippen LogP contribution < -0.4 is 11.2 Å². The number of para-hydroxylation sites is 1. The third-order valence-corrected chi connectivity index (χ3v) is 3.32. The van der Waals surface area contributed by atoms with Gasteiger partial charge in [-0.25, -0.2) is 4.99 Å². The van der Waals surface area contributed by atoms with E-state index in [0.717, 1.165) is 14.9 Å².